The molecule has 8 nitrogen and oxygen atoms in total. The van der Waals surface area contributed by atoms with Crippen LogP contribution in [0.15, 0.2) is 29.4 Å². The van der Waals surface area contributed by atoms with Crippen LogP contribution >= 0.6 is 0 Å². The van der Waals surface area contributed by atoms with E-state index >= 15 is 0 Å². The van der Waals surface area contributed by atoms with Crippen LogP contribution in [0.1, 0.15) is 39.2 Å². The van der Waals surface area contributed by atoms with Gasteiger partial charge in [0.1, 0.15) is 5.60 Å². The molecule has 0 aromatic heterocycles. The highest BCUT2D eigenvalue weighted by atomic mass is 16.6. The SMILES string of the molecule is CC(=O)N1c2ccc(C(C=NC3COC3)=CN)cc2N(C(=O)OC2(C)CC2)C[C@@H]1C. The summed E-state index contributed by atoms with van der Waals surface area (Å²) in [7, 11) is 0. The predicted octanol–water partition coefficient (Wildman–Crippen LogP) is 2.71. The van der Waals surface area contributed by atoms with Crippen LogP contribution in [0.3, 0.4) is 0 Å². The lowest BCUT2D eigenvalue weighted by molar-refractivity contribution is -0.117. The Bertz CT molecular complexity index is 918. The highest BCUT2D eigenvalue weighted by molar-refractivity contribution is 6.11. The van der Waals surface area contributed by atoms with Crippen molar-refractivity contribution in [1.29, 1.82) is 0 Å². The number of nitrogens with zero attached hydrogens (tertiary/aromatic N) is 3. The molecule has 160 valence electrons. The van der Waals surface area contributed by atoms with Crippen molar-refractivity contribution in [2.24, 2.45) is 10.7 Å². The van der Waals surface area contributed by atoms with Crippen LogP contribution in [0, 0.1) is 0 Å². The highest BCUT2D eigenvalue weighted by Gasteiger charge is 2.44. The first kappa shape index (κ1) is 20.4. The molecule has 2 fully saturated rings. The summed E-state index contributed by atoms with van der Waals surface area (Å²) < 4.78 is 10.9. The molecule has 0 radical (unpaired) electrons. The van der Waals surface area contributed by atoms with Gasteiger partial charge in [-0.25, -0.2) is 4.79 Å². The quantitative estimate of drug-likeness (QED) is 0.767. The number of rotatable bonds is 4. The monoisotopic (exact) mass is 412 g/mol. The first-order valence-corrected chi connectivity index (χ1v) is 10.3. The van der Waals surface area contributed by atoms with Crippen molar-refractivity contribution in [3.8, 4) is 0 Å². The van der Waals surface area contributed by atoms with Gasteiger partial charge in [-0.3, -0.25) is 14.7 Å². The number of nitrogens with two attached hydrogens (primary N) is 1. The van der Waals surface area contributed by atoms with Crippen LogP contribution in [0.25, 0.3) is 5.57 Å². The number of anilines is 2. The van der Waals surface area contributed by atoms with Crippen molar-refractivity contribution in [2.75, 3.05) is 29.6 Å². The summed E-state index contributed by atoms with van der Waals surface area (Å²) in [5.74, 6) is -0.0696. The van der Waals surface area contributed by atoms with Crippen molar-refractivity contribution in [2.45, 2.75) is 51.3 Å². The number of ether oxygens (including phenoxy) is 2. The van der Waals surface area contributed by atoms with Gasteiger partial charge in [0.25, 0.3) is 0 Å². The lowest BCUT2D eigenvalue weighted by atomic mass is 10.0. The number of amides is 2. The second-order valence-electron chi connectivity index (χ2n) is 8.46. The Morgan fingerprint density at radius 3 is 2.60 bits per heavy atom. The molecule has 1 atom stereocenters. The molecule has 1 aromatic carbocycles. The predicted molar refractivity (Wildman–Crippen MR) is 116 cm³/mol. The molecule has 3 aliphatic rings. The highest BCUT2D eigenvalue weighted by Crippen LogP contribution is 2.42. The van der Waals surface area contributed by atoms with E-state index in [4.69, 9.17) is 15.2 Å². The van der Waals surface area contributed by atoms with Crippen LogP contribution in [-0.2, 0) is 14.3 Å². The van der Waals surface area contributed by atoms with Gasteiger partial charge in [-0.2, -0.15) is 0 Å². The van der Waals surface area contributed by atoms with Crippen molar-refractivity contribution in [3.05, 3.63) is 30.0 Å². The zero-order valence-electron chi connectivity index (χ0n) is 17.6. The number of hydrogen-bond acceptors (Lipinski definition) is 6. The van der Waals surface area contributed by atoms with Gasteiger partial charge in [0, 0.05) is 31.5 Å². The molecule has 0 spiro atoms. The van der Waals surface area contributed by atoms with Gasteiger partial charge in [-0.15, -0.1) is 0 Å². The number of hydrogen-bond donors (Lipinski definition) is 1. The van der Waals surface area contributed by atoms with E-state index in [-0.39, 0.29) is 29.7 Å². The Balaban J connectivity index is 1.69. The summed E-state index contributed by atoms with van der Waals surface area (Å²) >= 11 is 0. The zero-order valence-corrected chi connectivity index (χ0v) is 17.6. The van der Waals surface area contributed by atoms with Gasteiger partial charge < -0.3 is 20.1 Å². The van der Waals surface area contributed by atoms with E-state index < -0.39 is 0 Å². The second-order valence-corrected chi connectivity index (χ2v) is 8.46. The normalized spacial score (nSPS) is 23.2. The molecular formula is C22H28N4O4. The molecule has 4 rings (SSSR count). The van der Waals surface area contributed by atoms with E-state index in [1.165, 1.54) is 13.1 Å². The van der Waals surface area contributed by atoms with Gasteiger partial charge in [0.05, 0.1) is 36.7 Å². The van der Waals surface area contributed by atoms with Crippen molar-refractivity contribution in [1.82, 2.24) is 0 Å². The van der Waals surface area contributed by atoms with Crippen LogP contribution in [0.5, 0.6) is 0 Å². The minimum atomic E-state index is -0.387. The summed E-state index contributed by atoms with van der Waals surface area (Å²) in [5, 5.41) is 0. The smallest absolute Gasteiger partial charge is 0.414 e. The number of carbonyl (C=O) groups excluding carboxylic acids is 2. The Hall–Kier alpha value is -2.87. The maximum absolute atomic E-state index is 13.0. The second kappa shape index (κ2) is 7.75. The molecule has 2 amide bonds. The fourth-order valence-corrected chi connectivity index (χ4v) is 3.71. The average Bonchev–Trinajstić information content (AvgIpc) is 3.39. The zero-order chi connectivity index (χ0) is 21.5. The minimum Gasteiger partial charge on any atom is -0.443 e. The Morgan fingerprint density at radius 2 is 2.03 bits per heavy atom. The van der Waals surface area contributed by atoms with E-state index in [0.717, 1.165) is 24.0 Å². The summed E-state index contributed by atoms with van der Waals surface area (Å²) in [4.78, 5) is 33.1. The van der Waals surface area contributed by atoms with Crippen LogP contribution in [0.4, 0.5) is 16.2 Å². The number of benzene rings is 1. The lowest BCUT2D eigenvalue weighted by Crippen LogP contribution is -2.52. The molecule has 1 saturated heterocycles. The molecule has 30 heavy (non-hydrogen) atoms. The fourth-order valence-electron chi connectivity index (χ4n) is 3.71. The molecule has 0 bridgehead atoms. The van der Waals surface area contributed by atoms with Crippen molar-refractivity contribution in [3.63, 3.8) is 0 Å². The minimum absolute atomic E-state index is 0.0696. The van der Waals surface area contributed by atoms with E-state index in [0.29, 0.717) is 31.1 Å². The van der Waals surface area contributed by atoms with Crippen LogP contribution in [0.2, 0.25) is 0 Å². The number of allylic oxidation sites excluding steroid dienone is 1. The number of carbonyl (C=O) groups is 2. The molecule has 2 N–H and O–H groups in total. The largest absolute Gasteiger partial charge is 0.443 e. The third-order valence-electron chi connectivity index (χ3n) is 5.82. The van der Waals surface area contributed by atoms with Gasteiger partial charge in [-0.05, 0) is 44.4 Å². The summed E-state index contributed by atoms with van der Waals surface area (Å²) in [5.41, 5.74) is 8.34. The Kier molecular flexibility index (Phi) is 5.27. The summed E-state index contributed by atoms with van der Waals surface area (Å²) in [6.07, 6.45) is 4.58. The topological polar surface area (TPSA) is 97.5 Å². The average molecular weight is 412 g/mol. The maximum Gasteiger partial charge on any atom is 0.414 e. The van der Waals surface area contributed by atoms with Gasteiger partial charge in [0.15, 0.2) is 0 Å². The van der Waals surface area contributed by atoms with E-state index in [2.05, 4.69) is 4.99 Å². The third-order valence-corrected chi connectivity index (χ3v) is 5.82. The van der Waals surface area contributed by atoms with E-state index in [1.807, 2.05) is 32.0 Å². The molecule has 0 unspecified atom stereocenters. The van der Waals surface area contributed by atoms with Gasteiger partial charge >= 0.3 is 6.09 Å². The fraction of sp³-hybridized carbons (Fsp3) is 0.500. The van der Waals surface area contributed by atoms with Crippen molar-refractivity contribution < 1.29 is 19.1 Å². The molecule has 1 aromatic rings. The molecule has 8 heteroatoms. The molecule has 2 heterocycles. The van der Waals surface area contributed by atoms with Crippen molar-refractivity contribution >= 4 is 35.2 Å². The number of aliphatic imine (C=N–C) groups is 1. The first-order valence-electron chi connectivity index (χ1n) is 10.3. The summed E-state index contributed by atoms with van der Waals surface area (Å²) in [6, 6.07) is 5.60. The van der Waals surface area contributed by atoms with Gasteiger partial charge in [-0.1, -0.05) is 6.07 Å². The Labute approximate surface area is 176 Å². The molecule has 1 aliphatic carbocycles. The van der Waals surface area contributed by atoms with E-state index in [1.54, 1.807) is 16.0 Å². The number of fused-ring (bicyclic) bond motifs is 1. The molecular weight excluding hydrogens is 384 g/mol. The first-order chi connectivity index (χ1) is 14.3. The van der Waals surface area contributed by atoms with Crippen LogP contribution < -0.4 is 15.5 Å². The van der Waals surface area contributed by atoms with E-state index in [9.17, 15) is 9.59 Å². The summed E-state index contributed by atoms with van der Waals surface area (Å²) in [6.45, 7) is 6.99. The molecule has 1 saturated carbocycles. The third kappa shape index (κ3) is 3.92. The van der Waals surface area contributed by atoms with Gasteiger partial charge in [0.2, 0.25) is 5.91 Å². The maximum atomic E-state index is 13.0. The van der Waals surface area contributed by atoms with Crippen LogP contribution in [-0.4, -0.2) is 55.7 Å². The standard InChI is InChI=1S/C22H28N4O4/c1-14-11-25(21(28)30-22(3)6-7-22)20-8-16(4-5-19(20)26(14)15(2)27)17(9-23)10-24-18-12-29-13-18/h4-5,8-10,14,18H,6-7,11-13,23H2,1-3H3/t14-/m0/s1. The Morgan fingerprint density at radius 1 is 1.30 bits per heavy atom. The lowest BCUT2D eigenvalue weighted by Gasteiger charge is -2.40. The molecule has 2 aliphatic heterocycles.